The van der Waals surface area contributed by atoms with Crippen LogP contribution in [0.1, 0.15) is 24.4 Å². The van der Waals surface area contributed by atoms with Crippen molar-refractivity contribution >= 4 is 10.0 Å². The third-order valence-corrected chi connectivity index (χ3v) is 6.46. The van der Waals surface area contributed by atoms with Crippen molar-refractivity contribution in [2.45, 2.75) is 23.8 Å². The molecule has 2 heterocycles. The molecule has 5 nitrogen and oxygen atoms in total. The van der Waals surface area contributed by atoms with Crippen LogP contribution in [0.15, 0.2) is 47.4 Å². The van der Waals surface area contributed by atoms with Gasteiger partial charge in [0, 0.05) is 12.6 Å². The standard InChI is InChI=1S/C18H18FNO4S/c19-14-4-1-3-13(11-14)16-5-2-8-20(16)25(21,22)15-6-7-17-18(12-15)24-10-9-23-17/h1,3-4,6-7,11-12,16H,2,5,8-10H2/t16-/m1/s1. The minimum absolute atomic E-state index is 0.167. The monoisotopic (exact) mass is 363 g/mol. The van der Waals surface area contributed by atoms with Gasteiger partial charge in [-0.15, -0.1) is 0 Å². The van der Waals surface area contributed by atoms with E-state index in [-0.39, 0.29) is 16.8 Å². The number of nitrogens with zero attached hydrogens (tertiary/aromatic N) is 1. The summed E-state index contributed by atoms with van der Waals surface area (Å²) in [5.74, 6) is 0.628. The Kier molecular flexibility index (Phi) is 4.13. The summed E-state index contributed by atoms with van der Waals surface area (Å²) in [5.41, 5.74) is 0.679. The molecule has 2 aromatic rings. The predicted octanol–water partition coefficient (Wildman–Crippen LogP) is 3.12. The second-order valence-electron chi connectivity index (χ2n) is 6.13. The van der Waals surface area contributed by atoms with Crippen molar-refractivity contribution in [1.29, 1.82) is 0 Å². The van der Waals surface area contributed by atoms with E-state index in [2.05, 4.69) is 0 Å². The van der Waals surface area contributed by atoms with Crippen molar-refractivity contribution < 1.29 is 22.3 Å². The first-order valence-corrected chi connectivity index (χ1v) is 9.67. The minimum atomic E-state index is -3.71. The molecule has 0 bridgehead atoms. The van der Waals surface area contributed by atoms with Gasteiger partial charge in [-0.25, -0.2) is 12.8 Å². The lowest BCUT2D eigenvalue weighted by Crippen LogP contribution is -2.31. The average Bonchev–Trinajstić information content (AvgIpc) is 3.12. The Morgan fingerprint density at radius 1 is 1.04 bits per heavy atom. The molecule has 1 fully saturated rings. The van der Waals surface area contributed by atoms with Crippen molar-refractivity contribution in [2.75, 3.05) is 19.8 Å². The largest absolute Gasteiger partial charge is 0.486 e. The maximum absolute atomic E-state index is 13.6. The zero-order chi connectivity index (χ0) is 17.4. The molecule has 0 amide bonds. The van der Waals surface area contributed by atoms with Crippen LogP contribution in [0.2, 0.25) is 0 Å². The van der Waals surface area contributed by atoms with E-state index < -0.39 is 10.0 Å². The molecule has 0 unspecified atom stereocenters. The quantitative estimate of drug-likeness (QED) is 0.841. The Hall–Kier alpha value is -2.12. The SMILES string of the molecule is O=S(=O)(c1ccc2c(c1)OCCO2)N1CCC[C@@H]1c1cccc(F)c1. The van der Waals surface area contributed by atoms with Gasteiger partial charge in [0.15, 0.2) is 11.5 Å². The Bertz CT molecular complexity index is 900. The van der Waals surface area contributed by atoms with Crippen molar-refractivity contribution in [2.24, 2.45) is 0 Å². The molecule has 132 valence electrons. The van der Waals surface area contributed by atoms with E-state index in [1.807, 2.05) is 0 Å². The fourth-order valence-corrected chi connectivity index (χ4v) is 5.09. The molecule has 0 N–H and O–H groups in total. The Balaban J connectivity index is 1.69. The first-order valence-electron chi connectivity index (χ1n) is 8.23. The van der Waals surface area contributed by atoms with Crippen LogP contribution in [-0.4, -0.2) is 32.5 Å². The third-order valence-electron chi connectivity index (χ3n) is 4.56. The molecular weight excluding hydrogens is 345 g/mol. The number of fused-ring (bicyclic) bond motifs is 1. The van der Waals surface area contributed by atoms with E-state index in [9.17, 15) is 12.8 Å². The molecular formula is C18H18FNO4S. The Morgan fingerprint density at radius 2 is 1.84 bits per heavy atom. The molecule has 1 saturated heterocycles. The van der Waals surface area contributed by atoms with Crippen LogP contribution < -0.4 is 9.47 Å². The summed E-state index contributed by atoms with van der Waals surface area (Å²) in [7, 11) is -3.71. The van der Waals surface area contributed by atoms with Gasteiger partial charge in [0.2, 0.25) is 10.0 Å². The van der Waals surface area contributed by atoms with Crippen LogP contribution in [0.3, 0.4) is 0 Å². The first-order chi connectivity index (χ1) is 12.1. The van der Waals surface area contributed by atoms with Crippen LogP contribution in [0.4, 0.5) is 4.39 Å². The molecule has 2 aliphatic rings. The van der Waals surface area contributed by atoms with Crippen LogP contribution in [0, 0.1) is 5.82 Å². The van der Waals surface area contributed by atoms with E-state index in [0.717, 1.165) is 6.42 Å². The second kappa shape index (κ2) is 6.31. The average molecular weight is 363 g/mol. The van der Waals surface area contributed by atoms with Crippen molar-refractivity contribution in [3.8, 4) is 11.5 Å². The number of benzene rings is 2. The molecule has 2 aromatic carbocycles. The molecule has 7 heteroatoms. The molecule has 0 spiro atoms. The minimum Gasteiger partial charge on any atom is -0.486 e. The fraction of sp³-hybridized carbons (Fsp3) is 0.333. The molecule has 1 atom stereocenters. The number of halogens is 1. The zero-order valence-corrected chi connectivity index (χ0v) is 14.3. The summed E-state index contributed by atoms with van der Waals surface area (Å²) in [5, 5.41) is 0. The summed E-state index contributed by atoms with van der Waals surface area (Å²) >= 11 is 0. The van der Waals surface area contributed by atoms with Crippen LogP contribution in [0.25, 0.3) is 0 Å². The van der Waals surface area contributed by atoms with E-state index in [4.69, 9.17) is 9.47 Å². The van der Waals surface area contributed by atoms with E-state index in [1.165, 1.54) is 28.6 Å². The lowest BCUT2D eigenvalue weighted by atomic mass is 10.1. The summed E-state index contributed by atoms with van der Waals surface area (Å²) in [4.78, 5) is 0.167. The molecule has 25 heavy (non-hydrogen) atoms. The lowest BCUT2D eigenvalue weighted by molar-refractivity contribution is 0.171. The van der Waals surface area contributed by atoms with Crippen molar-refractivity contribution in [1.82, 2.24) is 4.31 Å². The van der Waals surface area contributed by atoms with Crippen molar-refractivity contribution in [3.05, 3.63) is 53.8 Å². The summed E-state index contributed by atoms with van der Waals surface area (Å²) in [6.45, 7) is 1.26. The summed E-state index contributed by atoms with van der Waals surface area (Å²) in [6.07, 6.45) is 1.41. The fourth-order valence-electron chi connectivity index (χ4n) is 3.39. The lowest BCUT2D eigenvalue weighted by Gasteiger charge is -2.25. The van der Waals surface area contributed by atoms with Gasteiger partial charge in [-0.05, 0) is 42.7 Å². The second-order valence-corrected chi connectivity index (χ2v) is 8.02. The van der Waals surface area contributed by atoms with Gasteiger partial charge < -0.3 is 9.47 Å². The molecule has 0 saturated carbocycles. The highest BCUT2D eigenvalue weighted by atomic mass is 32.2. The maximum Gasteiger partial charge on any atom is 0.243 e. The summed E-state index contributed by atoms with van der Waals surface area (Å²) in [6, 6.07) is 10.4. The van der Waals surface area contributed by atoms with Gasteiger partial charge in [0.05, 0.1) is 10.9 Å². The number of hydrogen-bond donors (Lipinski definition) is 0. The molecule has 4 rings (SSSR count). The summed E-state index contributed by atoms with van der Waals surface area (Å²) < 4.78 is 52.2. The van der Waals surface area contributed by atoms with Crippen molar-refractivity contribution in [3.63, 3.8) is 0 Å². The Labute approximate surface area is 146 Å². The maximum atomic E-state index is 13.6. The highest BCUT2D eigenvalue weighted by molar-refractivity contribution is 7.89. The van der Waals surface area contributed by atoms with Gasteiger partial charge in [-0.1, -0.05) is 12.1 Å². The smallest absolute Gasteiger partial charge is 0.243 e. The van der Waals surface area contributed by atoms with Gasteiger partial charge >= 0.3 is 0 Å². The molecule has 0 radical (unpaired) electrons. The first kappa shape index (κ1) is 16.4. The van der Waals surface area contributed by atoms with Gasteiger partial charge in [0.25, 0.3) is 0 Å². The van der Waals surface area contributed by atoms with E-state index >= 15 is 0 Å². The van der Waals surface area contributed by atoms with Gasteiger partial charge in [-0.3, -0.25) is 0 Å². The van der Waals surface area contributed by atoms with Gasteiger partial charge in [-0.2, -0.15) is 4.31 Å². The molecule has 0 aromatic heterocycles. The van der Waals surface area contributed by atoms with Crippen LogP contribution in [0.5, 0.6) is 11.5 Å². The predicted molar refractivity (Wildman–Crippen MR) is 89.7 cm³/mol. The van der Waals surface area contributed by atoms with Crippen LogP contribution >= 0.6 is 0 Å². The van der Waals surface area contributed by atoms with Gasteiger partial charge in [0.1, 0.15) is 19.0 Å². The zero-order valence-electron chi connectivity index (χ0n) is 13.5. The highest BCUT2D eigenvalue weighted by Gasteiger charge is 2.36. The van der Waals surface area contributed by atoms with Crippen LogP contribution in [-0.2, 0) is 10.0 Å². The third kappa shape index (κ3) is 2.98. The number of sulfonamides is 1. The Morgan fingerprint density at radius 3 is 2.64 bits per heavy atom. The van der Waals surface area contributed by atoms with E-state index in [1.54, 1.807) is 18.2 Å². The normalized spacial score (nSPS) is 20.6. The van der Waals surface area contributed by atoms with E-state index in [0.29, 0.717) is 43.2 Å². The number of hydrogen-bond acceptors (Lipinski definition) is 4. The topological polar surface area (TPSA) is 55.8 Å². The molecule has 0 aliphatic carbocycles. The molecule has 2 aliphatic heterocycles. The number of rotatable bonds is 3. The highest BCUT2D eigenvalue weighted by Crippen LogP contribution is 2.39. The number of ether oxygens (including phenoxy) is 2.